The number of hydrogen-bond acceptors (Lipinski definition) is 6. The second-order valence-electron chi connectivity index (χ2n) is 7.68. The van der Waals surface area contributed by atoms with Gasteiger partial charge in [-0.2, -0.15) is 0 Å². The SMILES string of the molecule is CCc1cnc(Nc2ccc(Oc3ccccc3)cc2)nc1Cc1cccc(S(C)(=O)=O)c1. The van der Waals surface area contributed by atoms with Crippen LogP contribution in [0.1, 0.15) is 23.7 Å². The van der Waals surface area contributed by atoms with Crippen LogP contribution >= 0.6 is 0 Å². The molecule has 0 fully saturated rings. The summed E-state index contributed by atoms with van der Waals surface area (Å²) >= 11 is 0. The maximum absolute atomic E-state index is 11.9. The highest BCUT2D eigenvalue weighted by Gasteiger charge is 2.11. The normalized spacial score (nSPS) is 11.2. The summed E-state index contributed by atoms with van der Waals surface area (Å²) in [7, 11) is -3.26. The van der Waals surface area contributed by atoms with E-state index >= 15 is 0 Å². The maximum atomic E-state index is 11.9. The summed E-state index contributed by atoms with van der Waals surface area (Å²) in [6.07, 6.45) is 4.34. The smallest absolute Gasteiger partial charge is 0.227 e. The number of nitrogens with zero attached hydrogens (tertiary/aromatic N) is 2. The molecule has 0 atom stereocenters. The van der Waals surface area contributed by atoms with E-state index in [2.05, 4.69) is 10.3 Å². The number of aromatic nitrogens is 2. The van der Waals surface area contributed by atoms with Crippen molar-refractivity contribution in [1.29, 1.82) is 0 Å². The fourth-order valence-electron chi connectivity index (χ4n) is 3.39. The van der Waals surface area contributed by atoms with E-state index in [0.717, 1.165) is 40.4 Å². The van der Waals surface area contributed by atoms with Crippen molar-refractivity contribution in [2.75, 3.05) is 11.6 Å². The highest BCUT2D eigenvalue weighted by molar-refractivity contribution is 7.90. The number of para-hydroxylation sites is 1. The van der Waals surface area contributed by atoms with Gasteiger partial charge in [-0.3, -0.25) is 0 Å². The van der Waals surface area contributed by atoms with Crippen molar-refractivity contribution in [3.63, 3.8) is 0 Å². The Hall–Kier alpha value is -3.71. The minimum absolute atomic E-state index is 0.309. The fraction of sp³-hybridized carbons (Fsp3) is 0.154. The van der Waals surface area contributed by atoms with Crippen molar-refractivity contribution in [2.45, 2.75) is 24.7 Å². The van der Waals surface area contributed by atoms with Gasteiger partial charge in [0.2, 0.25) is 5.95 Å². The lowest BCUT2D eigenvalue weighted by Crippen LogP contribution is -2.05. The van der Waals surface area contributed by atoms with Crippen LogP contribution in [0.4, 0.5) is 11.6 Å². The topological polar surface area (TPSA) is 81.2 Å². The molecule has 168 valence electrons. The number of sulfone groups is 1. The molecule has 4 rings (SSSR count). The minimum atomic E-state index is -3.26. The number of hydrogen-bond donors (Lipinski definition) is 1. The van der Waals surface area contributed by atoms with Gasteiger partial charge in [0.25, 0.3) is 0 Å². The first-order valence-electron chi connectivity index (χ1n) is 10.6. The van der Waals surface area contributed by atoms with E-state index in [1.54, 1.807) is 18.2 Å². The standard InChI is InChI=1S/C26H25N3O3S/c1-3-20-18-27-26(29-25(20)17-19-8-7-11-24(16-19)33(2,30)31)28-21-12-14-23(15-13-21)32-22-9-5-4-6-10-22/h4-16,18H,3,17H2,1-2H3,(H,27,28,29). The van der Waals surface area contributed by atoms with Crippen molar-refractivity contribution in [2.24, 2.45) is 0 Å². The van der Waals surface area contributed by atoms with Crippen molar-refractivity contribution in [3.05, 3.63) is 102 Å². The first-order valence-corrected chi connectivity index (χ1v) is 12.5. The Labute approximate surface area is 194 Å². The number of ether oxygens (including phenoxy) is 1. The third-order valence-corrected chi connectivity index (χ3v) is 6.23. The van der Waals surface area contributed by atoms with Crippen LogP contribution in [-0.2, 0) is 22.7 Å². The molecule has 6 nitrogen and oxygen atoms in total. The molecular formula is C26H25N3O3S. The monoisotopic (exact) mass is 459 g/mol. The van der Waals surface area contributed by atoms with Crippen molar-refractivity contribution < 1.29 is 13.2 Å². The lowest BCUT2D eigenvalue weighted by Gasteiger charge is -2.12. The number of anilines is 2. The average molecular weight is 460 g/mol. The molecule has 4 aromatic rings. The molecule has 0 bridgehead atoms. The molecule has 3 aromatic carbocycles. The van der Waals surface area contributed by atoms with Gasteiger partial charge in [-0.1, -0.05) is 37.3 Å². The lowest BCUT2D eigenvalue weighted by molar-refractivity contribution is 0.483. The zero-order valence-electron chi connectivity index (χ0n) is 18.5. The van der Waals surface area contributed by atoms with Crippen LogP contribution in [0.15, 0.2) is 90.0 Å². The predicted octanol–water partition coefficient (Wildman–Crippen LogP) is 5.57. The Morgan fingerprint density at radius 2 is 1.64 bits per heavy atom. The summed E-state index contributed by atoms with van der Waals surface area (Å²) in [5.74, 6) is 2.00. The number of aryl methyl sites for hydroxylation is 1. The van der Waals surface area contributed by atoms with Gasteiger partial charge in [0.1, 0.15) is 11.5 Å². The van der Waals surface area contributed by atoms with E-state index in [1.165, 1.54) is 6.26 Å². The van der Waals surface area contributed by atoms with Gasteiger partial charge in [-0.25, -0.2) is 18.4 Å². The van der Waals surface area contributed by atoms with Gasteiger partial charge in [-0.05, 0) is 66.1 Å². The Kier molecular flexibility index (Phi) is 6.70. The first-order chi connectivity index (χ1) is 15.9. The second-order valence-corrected chi connectivity index (χ2v) is 9.70. The molecular weight excluding hydrogens is 434 g/mol. The van der Waals surface area contributed by atoms with Crippen LogP contribution in [-0.4, -0.2) is 24.6 Å². The molecule has 0 aliphatic rings. The van der Waals surface area contributed by atoms with Gasteiger partial charge in [-0.15, -0.1) is 0 Å². The lowest BCUT2D eigenvalue weighted by atomic mass is 10.1. The number of nitrogens with one attached hydrogen (secondary N) is 1. The highest BCUT2D eigenvalue weighted by Crippen LogP contribution is 2.24. The largest absolute Gasteiger partial charge is 0.457 e. The maximum Gasteiger partial charge on any atom is 0.227 e. The molecule has 0 aliphatic heterocycles. The van der Waals surface area contributed by atoms with Crippen molar-refractivity contribution in [1.82, 2.24) is 9.97 Å². The third kappa shape index (κ3) is 5.96. The molecule has 1 N–H and O–H groups in total. The first kappa shape index (κ1) is 22.5. The van der Waals surface area contributed by atoms with Crippen LogP contribution < -0.4 is 10.1 Å². The summed E-state index contributed by atoms with van der Waals surface area (Å²) < 4.78 is 29.6. The van der Waals surface area contributed by atoms with Gasteiger partial charge in [0.15, 0.2) is 9.84 Å². The summed E-state index contributed by atoms with van der Waals surface area (Å²) in [6.45, 7) is 2.05. The van der Waals surface area contributed by atoms with E-state index in [9.17, 15) is 8.42 Å². The van der Waals surface area contributed by atoms with E-state index < -0.39 is 9.84 Å². The molecule has 0 amide bonds. The van der Waals surface area contributed by atoms with E-state index in [0.29, 0.717) is 17.3 Å². The molecule has 0 saturated heterocycles. The molecule has 0 radical (unpaired) electrons. The highest BCUT2D eigenvalue weighted by atomic mass is 32.2. The van der Waals surface area contributed by atoms with E-state index in [1.807, 2.05) is 73.8 Å². The molecule has 1 heterocycles. The Morgan fingerprint density at radius 1 is 0.909 bits per heavy atom. The number of rotatable bonds is 8. The van der Waals surface area contributed by atoms with Crippen molar-refractivity contribution in [3.8, 4) is 11.5 Å². The Balaban J connectivity index is 1.51. The van der Waals surface area contributed by atoms with Crippen LogP contribution in [0.2, 0.25) is 0 Å². The number of benzene rings is 3. The summed E-state index contributed by atoms with van der Waals surface area (Å²) in [5, 5.41) is 3.23. The third-order valence-electron chi connectivity index (χ3n) is 5.12. The van der Waals surface area contributed by atoms with Crippen LogP contribution in [0.3, 0.4) is 0 Å². The van der Waals surface area contributed by atoms with Gasteiger partial charge in [0.05, 0.1) is 10.6 Å². The van der Waals surface area contributed by atoms with Crippen LogP contribution in [0, 0.1) is 0 Å². The molecule has 0 unspecified atom stereocenters. The van der Waals surface area contributed by atoms with Gasteiger partial charge >= 0.3 is 0 Å². The van der Waals surface area contributed by atoms with Crippen molar-refractivity contribution >= 4 is 21.5 Å². The zero-order valence-corrected chi connectivity index (χ0v) is 19.3. The Bertz CT molecular complexity index is 1340. The van der Waals surface area contributed by atoms with Crippen LogP contribution in [0.5, 0.6) is 11.5 Å². The summed E-state index contributed by atoms with van der Waals surface area (Å²) in [4.78, 5) is 9.47. The van der Waals surface area contributed by atoms with Crippen LogP contribution in [0.25, 0.3) is 0 Å². The molecule has 7 heteroatoms. The van der Waals surface area contributed by atoms with E-state index in [-0.39, 0.29) is 0 Å². The predicted molar refractivity (Wildman–Crippen MR) is 130 cm³/mol. The van der Waals surface area contributed by atoms with E-state index in [4.69, 9.17) is 9.72 Å². The fourth-order valence-corrected chi connectivity index (χ4v) is 4.08. The summed E-state index contributed by atoms with van der Waals surface area (Å²) in [5.41, 5.74) is 3.62. The molecule has 1 aromatic heterocycles. The second kappa shape index (κ2) is 9.83. The average Bonchev–Trinajstić information content (AvgIpc) is 2.81. The zero-order chi connectivity index (χ0) is 23.3. The molecule has 0 spiro atoms. The van der Waals surface area contributed by atoms with Gasteiger partial charge in [0, 0.05) is 24.6 Å². The molecule has 0 saturated carbocycles. The summed E-state index contributed by atoms with van der Waals surface area (Å²) in [6, 6.07) is 24.2. The minimum Gasteiger partial charge on any atom is -0.457 e. The Morgan fingerprint density at radius 3 is 2.33 bits per heavy atom. The van der Waals surface area contributed by atoms with Gasteiger partial charge < -0.3 is 10.1 Å². The molecule has 0 aliphatic carbocycles. The quantitative estimate of drug-likeness (QED) is 0.371. The molecule has 33 heavy (non-hydrogen) atoms.